The summed E-state index contributed by atoms with van der Waals surface area (Å²) in [7, 11) is 0. The van der Waals surface area contributed by atoms with Crippen LogP contribution in [0.15, 0.2) is 29.1 Å². The smallest absolute Gasteiger partial charge is 0.260 e. The van der Waals surface area contributed by atoms with E-state index in [1.807, 2.05) is 18.2 Å². The molecule has 4 nitrogen and oxygen atoms in total. The Morgan fingerprint density at radius 1 is 1.44 bits per heavy atom. The first-order chi connectivity index (χ1) is 13.0. The predicted octanol–water partition coefficient (Wildman–Crippen LogP) is 3.63. The van der Waals surface area contributed by atoms with Crippen LogP contribution >= 0.6 is 22.9 Å². The van der Waals surface area contributed by atoms with Crippen molar-refractivity contribution >= 4 is 33.2 Å². The fourth-order valence-corrected chi connectivity index (χ4v) is 5.49. The largest absolute Gasteiger partial charge is 0.337 e. The highest BCUT2D eigenvalue weighted by molar-refractivity contribution is 7.18. The maximum Gasteiger partial charge on any atom is 0.260 e. The summed E-state index contributed by atoms with van der Waals surface area (Å²) in [5.41, 5.74) is 2.49. The van der Waals surface area contributed by atoms with Gasteiger partial charge in [-0.2, -0.15) is 0 Å². The lowest BCUT2D eigenvalue weighted by Gasteiger charge is -2.17. The quantitative estimate of drug-likeness (QED) is 0.684. The molecule has 1 aliphatic carbocycles. The van der Waals surface area contributed by atoms with Gasteiger partial charge in [0.25, 0.3) is 5.56 Å². The van der Waals surface area contributed by atoms with Crippen LogP contribution in [-0.2, 0) is 19.3 Å². The monoisotopic (exact) mass is 402 g/mol. The number of aromatic amines is 1. The lowest BCUT2D eigenvalue weighted by molar-refractivity contribution is -0.693. The number of rotatable bonds is 5. The van der Waals surface area contributed by atoms with Crippen molar-refractivity contribution in [3.8, 4) is 0 Å². The molecule has 0 fully saturated rings. The molecule has 0 aliphatic heterocycles. The second kappa shape index (κ2) is 7.74. The van der Waals surface area contributed by atoms with Gasteiger partial charge in [-0.15, -0.1) is 11.3 Å². The SMILES string of the molecule is C[C@@H]1CCc2c(sc3nc([C@@H](C)[NH2+]CCc4cccc(Cl)c4)[nH]c(=O)c23)C1. The standard InChI is InChI=1S/C21H24ClN3OS/c1-12-6-7-16-17(10-12)27-21-18(16)20(26)24-19(25-21)13(2)23-9-8-14-4-3-5-15(22)11-14/h3-5,11-13,23H,6-10H2,1-2H3,(H,24,25,26)/p+1/t12-,13-/m1/s1. The van der Waals surface area contributed by atoms with Gasteiger partial charge in [0.15, 0.2) is 5.82 Å². The van der Waals surface area contributed by atoms with Gasteiger partial charge in [0.05, 0.1) is 11.9 Å². The Balaban J connectivity index is 1.50. The molecule has 0 saturated heterocycles. The van der Waals surface area contributed by atoms with Crippen molar-refractivity contribution < 1.29 is 5.32 Å². The third-order valence-electron chi connectivity index (χ3n) is 5.46. The van der Waals surface area contributed by atoms with Gasteiger partial charge in [-0.3, -0.25) is 4.79 Å². The van der Waals surface area contributed by atoms with Crippen molar-refractivity contribution in [1.82, 2.24) is 9.97 Å². The molecule has 0 spiro atoms. The van der Waals surface area contributed by atoms with Gasteiger partial charge in [0.1, 0.15) is 10.9 Å². The highest BCUT2D eigenvalue weighted by Crippen LogP contribution is 2.35. The molecule has 6 heteroatoms. The van der Waals surface area contributed by atoms with E-state index in [1.54, 1.807) is 11.3 Å². The molecule has 27 heavy (non-hydrogen) atoms. The number of fused-ring (bicyclic) bond motifs is 3. The first-order valence-electron chi connectivity index (χ1n) is 9.63. The van der Waals surface area contributed by atoms with Gasteiger partial charge in [0, 0.05) is 16.3 Å². The summed E-state index contributed by atoms with van der Waals surface area (Å²) in [6.07, 6.45) is 4.17. The Morgan fingerprint density at radius 2 is 2.30 bits per heavy atom. The Morgan fingerprint density at radius 3 is 3.11 bits per heavy atom. The van der Waals surface area contributed by atoms with Crippen LogP contribution in [0.3, 0.4) is 0 Å². The molecule has 4 rings (SSSR count). The summed E-state index contributed by atoms with van der Waals surface area (Å²) in [6, 6.07) is 8.08. The summed E-state index contributed by atoms with van der Waals surface area (Å²) in [6.45, 7) is 5.30. The summed E-state index contributed by atoms with van der Waals surface area (Å²) in [4.78, 5) is 22.9. The van der Waals surface area contributed by atoms with Crippen LogP contribution in [0.1, 0.15) is 48.1 Å². The fourth-order valence-electron chi connectivity index (χ4n) is 3.89. The molecule has 0 saturated carbocycles. The molecular weight excluding hydrogens is 378 g/mol. The van der Waals surface area contributed by atoms with Crippen molar-refractivity contribution in [3.05, 3.63) is 61.5 Å². The van der Waals surface area contributed by atoms with E-state index in [0.29, 0.717) is 5.92 Å². The number of aromatic nitrogens is 2. The maximum atomic E-state index is 12.7. The molecule has 3 N–H and O–H groups in total. The molecule has 3 aromatic rings. The number of H-pyrrole nitrogens is 1. The number of benzene rings is 1. The number of halogens is 1. The lowest BCUT2D eigenvalue weighted by atomic mass is 9.89. The maximum absolute atomic E-state index is 12.7. The van der Waals surface area contributed by atoms with Gasteiger partial charge < -0.3 is 10.3 Å². The van der Waals surface area contributed by atoms with E-state index in [-0.39, 0.29) is 11.6 Å². The molecule has 0 radical (unpaired) electrons. The second-order valence-corrected chi connectivity index (χ2v) is 9.20. The zero-order valence-electron chi connectivity index (χ0n) is 15.7. The van der Waals surface area contributed by atoms with Crippen LogP contribution in [0.2, 0.25) is 5.02 Å². The van der Waals surface area contributed by atoms with Gasteiger partial charge in [0.2, 0.25) is 0 Å². The number of quaternary nitrogens is 1. The van der Waals surface area contributed by atoms with Crippen molar-refractivity contribution in [1.29, 1.82) is 0 Å². The Kier molecular flexibility index (Phi) is 5.35. The number of hydrogen-bond donors (Lipinski definition) is 2. The second-order valence-electron chi connectivity index (χ2n) is 7.68. The van der Waals surface area contributed by atoms with Crippen molar-refractivity contribution in [2.75, 3.05) is 6.54 Å². The van der Waals surface area contributed by atoms with E-state index in [2.05, 4.69) is 30.2 Å². The number of hydrogen-bond acceptors (Lipinski definition) is 3. The van der Waals surface area contributed by atoms with Crippen LogP contribution in [-0.4, -0.2) is 16.5 Å². The number of thiophene rings is 1. The molecule has 0 unspecified atom stereocenters. The van der Waals surface area contributed by atoms with Crippen molar-refractivity contribution in [2.24, 2.45) is 5.92 Å². The van der Waals surface area contributed by atoms with Gasteiger partial charge in [-0.25, -0.2) is 4.98 Å². The van der Waals surface area contributed by atoms with Crippen molar-refractivity contribution in [3.63, 3.8) is 0 Å². The summed E-state index contributed by atoms with van der Waals surface area (Å²) < 4.78 is 0. The van der Waals surface area contributed by atoms with E-state index in [4.69, 9.17) is 16.6 Å². The van der Waals surface area contributed by atoms with Crippen LogP contribution in [0, 0.1) is 5.92 Å². The van der Waals surface area contributed by atoms with Gasteiger partial charge >= 0.3 is 0 Å². The third-order valence-corrected chi connectivity index (χ3v) is 6.84. The van der Waals surface area contributed by atoms with Gasteiger partial charge in [-0.05, 0) is 55.4 Å². The fraction of sp³-hybridized carbons (Fsp3) is 0.429. The van der Waals surface area contributed by atoms with Gasteiger partial charge in [-0.1, -0.05) is 30.7 Å². The lowest BCUT2D eigenvalue weighted by Crippen LogP contribution is -2.85. The summed E-state index contributed by atoms with van der Waals surface area (Å²) >= 11 is 7.76. The van der Waals surface area contributed by atoms with Crippen LogP contribution < -0.4 is 10.9 Å². The number of nitrogens with two attached hydrogens (primary N) is 1. The number of nitrogens with one attached hydrogen (secondary N) is 1. The number of nitrogens with zero attached hydrogens (tertiary/aromatic N) is 1. The van der Waals surface area contributed by atoms with E-state index < -0.39 is 0 Å². The first kappa shape index (κ1) is 18.7. The average Bonchev–Trinajstić information content (AvgIpc) is 2.99. The average molecular weight is 403 g/mol. The predicted molar refractivity (Wildman–Crippen MR) is 112 cm³/mol. The highest BCUT2D eigenvalue weighted by Gasteiger charge is 2.24. The molecular formula is C21H25ClN3OS+. The van der Waals surface area contributed by atoms with E-state index in [9.17, 15) is 4.79 Å². The van der Waals surface area contributed by atoms with E-state index in [1.165, 1.54) is 16.0 Å². The minimum absolute atomic E-state index is 0.0251. The molecule has 142 valence electrons. The van der Waals surface area contributed by atoms with E-state index in [0.717, 1.165) is 53.3 Å². The molecule has 0 bridgehead atoms. The first-order valence-corrected chi connectivity index (χ1v) is 10.8. The van der Waals surface area contributed by atoms with Crippen molar-refractivity contribution in [2.45, 2.75) is 45.6 Å². The Hall–Kier alpha value is -1.69. The normalized spacial score (nSPS) is 17.8. The zero-order chi connectivity index (χ0) is 19.0. The Bertz CT molecular complexity index is 1030. The molecule has 0 amide bonds. The molecule has 1 aromatic carbocycles. The highest BCUT2D eigenvalue weighted by atomic mass is 35.5. The molecule has 2 atom stereocenters. The molecule has 1 aliphatic rings. The third kappa shape index (κ3) is 3.96. The van der Waals surface area contributed by atoms with Crippen LogP contribution in [0.25, 0.3) is 10.2 Å². The molecule has 2 aromatic heterocycles. The van der Waals surface area contributed by atoms with E-state index >= 15 is 0 Å². The summed E-state index contributed by atoms with van der Waals surface area (Å²) in [5.74, 6) is 1.47. The topological polar surface area (TPSA) is 62.4 Å². The Labute approximate surface area is 168 Å². The van der Waals surface area contributed by atoms with Crippen LogP contribution in [0.5, 0.6) is 0 Å². The zero-order valence-corrected chi connectivity index (χ0v) is 17.3. The number of aryl methyl sites for hydroxylation is 1. The summed E-state index contributed by atoms with van der Waals surface area (Å²) in [5, 5.41) is 3.82. The minimum atomic E-state index is 0.0251. The minimum Gasteiger partial charge on any atom is -0.337 e. The van der Waals surface area contributed by atoms with Crippen LogP contribution in [0.4, 0.5) is 0 Å². The molecule has 2 heterocycles.